The van der Waals surface area contributed by atoms with Gasteiger partial charge < -0.3 is 9.47 Å². The van der Waals surface area contributed by atoms with E-state index in [0.29, 0.717) is 11.8 Å². The third-order valence-corrected chi connectivity index (χ3v) is 1.60. The maximum absolute atomic E-state index is 11.1. The van der Waals surface area contributed by atoms with Crippen LogP contribution < -0.4 is 4.74 Å². The van der Waals surface area contributed by atoms with Gasteiger partial charge in [0.1, 0.15) is 5.75 Å². The number of rotatable bonds is 4. The number of hydrogen-bond donors (Lipinski definition) is 0. The lowest BCUT2D eigenvalue weighted by Gasteiger charge is -2.02. The molecule has 0 spiro atoms. The molecule has 0 N–H and O–H groups in total. The molecular formula is C11H10O4. The SMILES string of the molecule is CO/C=C/C(=O)Oc1ccccc1C=O. The zero-order valence-electron chi connectivity index (χ0n) is 8.17. The molecular weight excluding hydrogens is 196 g/mol. The van der Waals surface area contributed by atoms with Gasteiger partial charge in [0.2, 0.25) is 0 Å². The van der Waals surface area contributed by atoms with Crippen molar-refractivity contribution in [2.24, 2.45) is 0 Å². The maximum atomic E-state index is 11.1. The molecule has 4 nitrogen and oxygen atoms in total. The topological polar surface area (TPSA) is 52.6 Å². The lowest BCUT2D eigenvalue weighted by molar-refractivity contribution is -0.129. The zero-order valence-corrected chi connectivity index (χ0v) is 8.17. The quantitative estimate of drug-likeness (QED) is 0.246. The van der Waals surface area contributed by atoms with E-state index in [4.69, 9.17) is 4.74 Å². The number of hydrogen-bond acceptors (Lipinski definition) is 4. The summed E-state index contributed by atoms with van der Waals surface area (Å²) in [5.41, 5.74) is 0.330. The number of ether oxygens (including phenoxy) is 2. The van der Waals surface area contributed by atoms with Gasteiger partial charge in [0, 0.05) is 0 Å². The first-order chi connectivity index (χ1) is 7.27. The molecule has 1 aromatic carbocycles. The molecule has 0 saturated carbocycles. The van der Waals surface area contributed by atoms with Gasteiger partial charge >= 0.3 is 5.97 Å². The summed E-state index contributed by atoms with van der Waals surface area (Å²) in [4.78, 5) is 21.7. The third kappa shape index (κ3) is 3.27. The van der Waals surface area contributed by atoms with E-state index in [2.05, 4.69) is 4.74 Å². The molecule has 0 amide bonds. The molecule has 15 heavy (non-hydrogen) atoms. The van der Waals surface area contributed by atoms with Crippen molar-refractivity contribution in [1.29, 1.82) is 0 Å². The fourth-order valence-electron chi connectivity index (χ4n) is 0.937. The molecule has 0 saturated heterocycles. The van der Waals surface area contributed by atoms with Crippen LogP contribution >= 0.6 is 0 Å². The van der Waals surface area contributed by atoms with Crippen LogP contribution in [0.5, 0.6) is 5.75 Å². The summed E-state index contributed by atoms with van der Waals surface area (Å²) in [6.45, 7) is 0. The van der Waals surface area contributed by atoms with Crippen LogP contribution in [0.3, 0.4) is 0 Å². The third-order valence-electron chi connectivity index (χ3n) is 1.60. The van der Waals surface area contributed by atoms with E-state index < -0.39 is 5.97 Å². The molecule has 0 aromatic heterocycles. The van der Waals surface area contributed by atoms with Gasteiger partial charge in [0.05, 0.1) is 25.0 Å². The van der Waals surface area contributed by atoms with Crippen LogP contribution in [0, 0.1) is 0 Å². The highest BCUT2D eigenvalue weighted by Crippen LogP contribution is 2.15. The molecule has 1 aromatic rings. The summed E-state index contributed by atoms with van der Waals surface area (Å²) in [5, 5.41) is 0. The fraction of sp³-hybridized carbons (Fsp3) is 0.0909. The van der Waals surface area contributed by atoms with Crippen molar-refractivity contribution >= 4 is 12.3 Å². The highest BCUT2D eigenvalue weighted by Gasteiger charge is 2.05. The van der Waals surface area contributed by atoms with Crippen molar-refractivity contribution in [1.82, 2.24) is 0 Å². The smallest absolute Gasteiger partial charge is 0.339 e. The summed E-state index contributed by atoms with van der Waals surface area (Å²) in [7, 11) is 1.42. The first kappa shape index (κ1) is 11.0. The molecule has 0 aliphatic heterocycles. The average molecular weight is 206 g/mol. The van der Waals surface area contributed by atoms with Crippen molar-refractivity contribution in [3.05, 3.63) is 42.2 Å². The molecule has 0 radical (unpaired) electrons. The molecule has 0 heterocycles. The van der Waals surface area contributed by atoms with Crippen molar-refractivity contribution in [2.45, 2.75) is 0 Å². The predicted molar refractivity (Wildman–Crippen MR) is 53.6 cm³/mol. The summed E-state index contributed by atoms with van der Waals surface area (Å²) < 4.78 is 9.46. The van der Waals surface area contributed by atoms with Crippen molar-refractivity contribution in [3.63, 3.8) is 0 Å². The van der Waals surface area contributed by atoms with Crippen molar-refractivity contribution in [2.75, 3.05) is 7.11 Å². The molecule has 1 rings (SSSR count). The fourth-order valence-corrected chi connectivity index (χ4v) is 0.937. The predicted octanol–water partition coefficient (Wildman–Crippen LogP) is 1.56. The zero-order chi connectivity index (χ0) is 11.1. The second-order valence-corrected chi connectivity index (χ2v) is 2.62. The van der Waals surface area contributed by atoms with E-state index in [0.717, 1.165) is 6.08 Å². The van der Waals surface area contributed by atoms with Gasteiger partial charge in [-0.2, -0.15) is 0 Å². The highest BCUT2D eigenvalue weighted by molar-refractivity contribution is 5.87. The second-order valence-electron chi connectivity index (χ2n) is 2.62. The summed E-state index contributed by atoms with van der Waals surface area (Å²) >= 11 is 0. The minimum absolute atomic E-state index is 0.234. The molecule has 4 heteroatoms. The molecule has 0 aliphatic carbocycles. The Bertz CT molecular complexity index is 382. The molecule has 0 atom stereocenters. The first-order valence-electron chi connectivity index (χ1n) is 4.23. The number of esters is 1. The molecule has 78 valence electrons. The van der Waals surface area contributed by atoms with Crippen molar-refractivity contribution < 1.29 is 19.1 Å². The lowest BCUT2D eigenvalue weighted by Crippen LogP contribution is -2.05. The van der Waals surface area contributed by atoms with E-state index in [-0.39, 0.29) is 5.75 Å². The Balaban J connectivity index is 2.76. The maximum Gasteiger partial charge on any atom is 0.339 e. The van der Waals surface area contributed by atoms with E-state index >= 15 is 0 Å². The molecule has 0 fully saturated rings. The van der Waals surface area contributed by atoms with Crippen LogP contribution in [0.25, 0.3) is 0 Å². The van der Waals surface area contributed by atoms with Gasteiger partial charge in [-0.15, -0.1) is 0 Å². The molecule has 0 bridgehead atoms. The van der Waals surface area contributed by atoms with E-state index in [1.807, 2.05) is 0 Å². The lowest BCUT2D eigenvalue weighted by atomic mass is 10.2. The van der Waals surface area contributed by atoms with Gasteiger partial charge in [-0.3, -0.25) is 4.79 Å². The van der Waals surface area contributed by atoms with Gasteiger partial charge in [-0.1, -0.05) is 12.1 Å². The number of para-hydroxylation sites is 1. The Morgan fingerprint density at radius 3 is 2.73 bits per heavy atom. The second kappa shape index (κ2) is 5.59. The largest absolute Gasteiger partial charge is 0.504 e. The van der Waals surface area contributed by atoms with Gasteiger partial charge in [0.15, 0.2) is 6.29 Å². The Hall–Kier alpha value is -2.10. The minimum Gasteiger partial charge on any atom is -0.504 e. The Morgan fingerprint density at radius 2 is 2.07 bits per heavy atom. The molecule has 0 unspecified atom stereocenters. The standard InChI is InChI=1S/C11H10O4/c1-14-7-6-11(13)15-10-5-3-2-4-9(10)8-12/h2-8H,1H3/b7-6+. The Labute approximate surface area is 87.1 Å². The van der Waals surface area contributed by atoms with Crippen LogP contribution in [0.1, 0.15) is 10.4 Å². The van der Waals surface area contributed by atoms with Crippen LogP contribution in [-0.4, -0.2) is 19.4 Å². The number of carbonyl (C=O) groups is 2. The Kier molecular flexibility index (Phi) is 4.09. The van der Waals surface area contributed by atoms with Crippen LogP contribution in [0.2, 0.25) is 0 Å². The summed E-state index contributed by atoms with van der Waals surface area (Å²) in [5.74, 6) is -0.357. The van der Waals surface area contributed by atoms with Crippen molar-refractivity contribution in [3.8, 4) is 5.75 Å². The van der Waals surface area contributed by atoms with Gasteiger partial charge in [-0.05, 0) is 12.1 Å². The minimum atomic E-state index is -0.592. The Morgan fingerprint density at radius 1 is 1.33 bits per heavy atom. The van der Waals surface area contributed by atoms with Crippen LogP contribution in [0.4, 0.5) is 0 Å². The van der Waals surface area contributed by atoms with Crippen LogP contribution in [-0.2, 0) is 9.53 Å². The van der Waals surface area contributed by atoms with Crippen LogP contribution in [0.15, 0.2) is 36.6 Å². The number of aldehydes is 1. The van der Waals surface area contributed by atoms with E-state index in [9.17, 15) is 9.59 Å². The highest BCUT2D eigenvalue weighted by atomic mass is 16.5. The number of carbonyl (C=O) groups excluding carboxylic acids is 2. The normalized spacial score (nSPS) is 9.93. The number of benzene rings is 1. The van der Waals surface area contributed by atoms with Gasteiger partial charge in [0.25, 0.3) is 0 Å². The summed E-state index contributed by atoms with van der Waals surface area (Å²) in [6, 6.07) is 6.47. The first-order valence-corrected chi connectivity index (χ1v) is 4.23. The van der Waals surface area contributed by atoms with E-state index in [1.54, 1.807) is 24.3 Å². The average Bonchev–Trinajstić information content (AvgIpc) is 2.27. The molecule has 0 aliphatic rings. The number of methoxy groups -OCH3 is 1. The monoisotopic (exact) mass is 206 g/mol. The van der Waals surface area contributed by atoms with E-state index in [1.165, 1.54) is 13.4 Å². The van der Waals surface area contributed by atoms with Gasteiger partial charge in [-0.25, -0.2) is 4.79 Å². The summed E-state index contributed by atoms with van der Waals surface area (Å²) in [6.07, 6.45) is 2.95.